The van der Waals surface area contributed by atoms with Gasteiger partial charge < -0.3 is 10.1 Å². The molecule has 1 N–H and O–H groups in total. The van der Waals surface area contributed by atoms with E-state index in [1.54, 1.807) is 4.40 Å². The average Bonchev–Trinajstić information content (AvgIpc) is 3.62. The van der Waals surface area contributed by atoms with Crippen LogP contribution in [0.15, 0.2) is 99.0 Å². The van der Waals surface area contributed by atoms with Crippen LogP contribution in [0.4, 0.5) is 27.6 Å². The molecule has 3 nitrogen and oxygen atoms in total. The van der Waals surface area contributed by atoms with Crippen LogP contribution < -0.4 is 4.98 Å². The molecule has 0 saturated heterocycles. The van der Waals surface area contributed by atoms with E-state index in [1.807, 2.05) is 82.3 Å². The van der Waals surface area contributed by atoms with Crippen molar-refractivity contribution in [2.24, 2.45) is 3.50 Å². The van der Waals surface area contributed by atoms with Crippen molar-refractivity contribution < 1.29 is 45.0 Å². The summed E-state index contributed by atoms with van der Waals surface area (Å²) in [6.45, 7) is 34.7. The van der Waals surface area contributed by atoms with E-state index in [4.69, 9.17) is 0 Å². The summed E-state index contributed by atoms with van der Waals surface area (Å²) in [6, 6.07) is 31.1. The van der Waals surface area contributed by atoms with Crippen molar-refractivity contribution >= 4 is 26.0 Å². The summed E-state index contributed by atoms with van der Waals surface area (Å²) in [5.74, 6) is -9.58. The smallest absolute Gasteiger partial charge is 0.0607 e. The largest absolute Gasteiger partial charge is 0.665 e. The van der Waals surface area contributed by atoms with Crippen LogP contribution in [0.1, 0.15) is 136 Å². The third-order valence-electron chi connectivity index (χ3n) is 11.1. The third kappa shape index (κ3) is 13.9. The third-order valence-corrected chi connectivity index (χ3v) is 14.0. The number of benzene rings is 5. The first-order valence-corrected chi connectivity index (χ1v) is 24.8. The molecule has 6 rings (SSSR count). The van der Waals surface area contributed by atoms with Gasteiger partial charge in [0, 0.05) is 15.6 Å². The van der Waals surface area contributed by atoms with Gasteiger partial charge in [-0.15, -0.1) is 0 Å². The van der Waals surface area contributed by atoms with Crippen molar-refractivity contribution in [1.82, 2.24) is 4.98 Å². The first kappa shape index (κ1) is 54.3. The van der Waals surface area contributed by atoms with E-state index in [-0.39, 0.29) is 21.7 Å². The molecule has 0 radical (unpaired) electrons. The van der Waals surface area contributed by atoms with Gasteiger partial charge in [0.15, 0.2) is 0 Å². The fraction of sp³-hybridized carbons (Fsp3) is 0.375. The maximum absolute atomic E-state index is 13.5. The summed E-state index contributed by atoms with van der Waals surface area (Å²) in [5, 5.41) is 11.8. The number of phenolic OH excluding ortho intramolecular Hbond substituents is 1. The maximum atomic E-state index is 13.5. The molecule has 0 aliphatic rings. The summed E-state index contributed by atoms with van der Waals surface area (Å²) < 4.78 is 72.6. The fourth-order valence-corrected chi connectivity index (χ4v) is 8.97. The molecule has 354 valence electrons. The minimum atomic E-state index is -2.17. The number of aromatic nitrogens is 1. The molecule has 10 heteroatoms. The molecule has 0 fully saturated rings. The minimum absolute atomic E-state index is 0.00310. The molecule has 0 amide bonds. The van der Waals surface area contributed by atoms with Crippen molar-refractivity contribution in [2.75, 3.05) is 0 Å². The molecule has 5 aromatic carbocycles. The molecule has 1 heterocycles. The molecule has 0 bridgehead atoms. The Morgan fingerprint density at radius 2 is 0.848 bits per heavy atom. The van der Waals surface area contributed by atoms with Crippen LogP contribution in [-0.4, -0.2) is 9.51 Å². The van der Waals surface area contributed by atoms with Crippen molar-refractivity contribution in [3.63, 3.8) is 0 Å². The van der Waals surface area contributed by atoms with Crippen LogP contribution in [0.5, 0.6) is 5.75 Å². The zero-order chi connectivity index (χ0) is 49.9. The Morgan fingerprint density at radius 3 is 1.17 bits per heavy atom. The molecule has 66 heavy (non-hydrogen) atoms. The molecule has 0 aliphatic heterocycles. The van der Waals surface area contributed by atoms with Crippen molar-refractivity contribution in [1.29, 1.82) is 0 Å². The Hall–Kier alpha value is -4.33. The van der Waals surface area contributed by atoms with Crippen molar-refractivity contribution in [3.8, 4) is 28.0 Å². The van der Waals surface area contributed by atoms with E-state index in [2.05, 4.69) is 144 Å². The summed E-state index contributed by atoms with van der Waals surface area (Å²) in [7, 11) is 0. The number of hydrogen-bond acceptors (Lipinski definition) is 2. The monoisotopic (exact) mass is 1050 g/mol. The number of rotatable bonds is 5. The SMILES string of the molecule is CC(C)(C)c1cc(-c2cc(Br)cc(-c3cc(C(C)(C)C)cc(C(C)(C)C)c3)c2O)cc(C(C)(C)C)c1.CC(C)([CH]=[Mo]=[N]c1c(F)c(F)c(F)c(F)c1F)c1ccccc1.Cc1ccc(C)[n-]1. The molecule has 0 saturated carbocycles. The molecular formula is C56H65BrF5MoN2O-. The quantitative estimate of drug-likeness (QED) is 0.0809. The number of hydrogen-bond donors (Lipinski definition) is 1. The van der Waals surface area contributed by atoms with Gasteiger partial charge in [-0.05, 0) is 67.2 Å². The Labute approximate surface area is 406 Å². The van der Waals surface area contributed by atoms with E-state index >= 15 is 0 Å². The number of phenols is 1. The van der Waals surface area contributed by atoms with Crippen LogP contribution in [-0.2, 0) is 45.0 Å². The summed E-state index contributed by atoms with van der Waals surface area (Å²) in [6.07, 6.45) is 0. The van der Waals surface area contributed by atoms with Gasteiger partial charge in [-0.3, -0.25) is 0 Å². The topological polar surface area (TPSA) is 46.7 Å². The Morgan fingerprint density at radius 1 is 0.500 bits per heavy atom. The second kappa shape index (κ2) is 20.9. The van der Waals surface area contributed by atoms with Crippen LogP contribution in [0.3, 0.4) is 0 Å². The second-order valence-corrected chi connectivity index (χ2v) is 24.0. The van der Waals surface area contributed by atoms with Gasteiger partial charge >= 0.3 is 138 Å². The number of aromatic hydroxyl groups is 1. The predicted molar refractivity (Wildman–Crippen MR) is 265 cm³/mol. The maximum Gasteiger partial charge on any atom is -0.0607 e. The van der Waals surface area contributed by atoms with Gasteiger partial charge in [-0.25, -0.2) is 0 Å². The molecule has 0 atom stereocenters. The molecule has 0 unspecified atom stereocenters. The van der Waals surface area contributed by atoms with E-state index in [1.165, 1.54) is 22.3 Å². The Kier molecular flexibility index (Phi) is 17.2. The molecule has 0 spiro atoms. The second-order valence-electron chi connectivity index (χ2n) is 21.5. The van der Waals surface area contributed by atoms with Gasteiger partial charge in [0.2, 0.25) is 0 Å². The minimum Gasteiger partial charge on any atom is -0.665 e. The van der Waals surface area contributed by atoms with Gasteiger partial charge in [-0.1, -0.05) is 161 Å². The molecule has 0 aliphatic carbocycles. The van der Waals surface area contributed by atoms with E-state index in [0.29, 0.717) is 5.75 Å². The van der Waals surface area contributed by atoms with Gasteiger partial charge in [0.05, 0.1) is 0 Å². The van der Waals surface area contributed by atoms with E-state index in [9.17, 15) is 27.1 Å². The Bertz CT molecular complexity index is 2530. The first-order chi connectivity index (χ1) is 30.2. The summed E-state index contributed by atoms with van der Waals surface area (Å²) >= 11 is 2.29. The van der Waals surface area contributed by atoms with Crippen LogP contribution in [0.25, 0.3) is 22.3 Å². The van der Waals surface area contributed by atoms with Gasteiger partial charge in [0.1, 0.15) is 5.75 Å². The normalized spacial score (nSPS) is 12.2. The van der Waals surface area contributed by atoms with E-state index in [0.717, 1.165) is 43.7 Å². The van der Waals surface area contributed by atoms with Crippen LogP contribution in [0, 0.1) is 42.9 Å². The molecular weight excluding hydrogens is 987 g/mol. The van der Waals surface area contributed by atoms with E-state index < -0.39 is 58.1 Å². The standard InChI is InChI=1S/C34H45BrO.C10H12.C6F5N.C6H8N.Mo/c1-31(2,3)23-13-21(14-24(17-23)32(4,5)6)28-19-27(35)20-29(30(28)36)22-15-25(33(7,8)9)18-26(16-22)34(10,11)12;1-10(2,3)9-7-5-4-6-8-9;7-1-2(8)4(10)6(12)5(11)3(1)9;1-5-3-4-6(2)7-5;/h13-20,36H,1-12H3;1,4-8H,2-3H3;;3-4H,1-2H3;/q;;;-1;. The van der Waals surface area contributed by atoms with Gasteiger partial charge in [0.25, 0.3) is 0 Å². The predicted octanol–water partition coefficient (Wildman–Crippen LogP) is 17.0. The summed E-state index contributed by atoms with van der Waals surface area (Å²) in [4.78, 5) is 4.11. The summed E-state index contributed by atoms with van der Waals surface area (Å²) in [5.41, 5.74) is 10.6. The molecule has 6 aromatic rings. The fourth-order valence-electron chi connectivity index (χ4n) is 6.75. The van der Waals surface area contributed by atoms with Crippen LogP contribution >= 0.6 is 15.9 Å². The number of halogens is 6. The zero-order valence-corrected chi connectivity index (χ0v) is 44.8. The van der Waals surface area contributed by atoms with Crippen LogP contribution in [0.2, 0.25) is 0 Å². The average molecular weight is 1050 g/mol. The molecule has 1 aromatic heterocycles. The number of nitrogens with zero attached hydrogens (tertiary/aromatic N) is 2. The zero-order valence-electron chi connectivity index (χ0n) is 41.3. The first-order valence-electron chi connectivity index (χ1n) is 21.9. The van der Waals surface area contributed by atoms with Crippen molar-refractivity contribution in [3.05, 3.63) is 164 Å². The Balaban J connectivity index is 0.000000268. The van der Waals surface area contributed by atoms with Gasteiger partial charge in [-0.2, -0.15) is 11.4 Å². The number of aryl methyl sites for hydroxylation is 2. The van der Waals surface area contributed by atoms with Crippen molar-refractivity contribution in [2.45, 2.75) is 138 Å².